The minimum Gasteiger partial charge on any atom is -0.346 e. The Balaban J connectivity index is 1.35. The summed E-state index contributed by atoms with van der Waals surface area (Å²) in [7, 11) is 0. The van der Waals surface area contributed by atoms with Gasteiger partial charge < -0.3 is 9.88 Å². The van der Waals surface area contributed by atoms with Crippen LogP contribution in [0, 0.1) is 26.7 Å². The van der Waals surface area contributed by atoms with Gasteiger partial charge in [0.25, 0.3) is 0 Å². The lowest BCUT2D eigenvalue weighted by Gasteiger charge is -2.34. The van der Waals surface area contributed by atoms with Crippen molar-refractivity contribution in [3.05, 3.63) is 39.7 Å². The third kappa shape index (κ3) is 3.75. The maximum Gasteiger partial charge on any atom is 0.158 e. The molecule has 0 radical (unpaired) electrons. The van der Waals surface area contributed by atoms with Crippen molar-refractivity contribution in [2.45, 2.75) is 91.5 Å². The van der Waals surface area contributed by atoms with E-state index in [-0.39, 0.29) is 0 Å². The van der Waals surface area contributed by atoms with Crippen molar-refractivity contribution in [3.63, 3.8) is 0 Å². The molecule has 35 heavy (non-hydrogen) atoms. The first-order chi connectivity index (χ1) is 16.8. The van der Waals surface area contributed by atoms with Gasteiger partial charge in [0, 0.05) is 34.6 Å². The Kier molecular flexibility index (Phi) is 5.80. The molecule has 4 aromatic heterocycles. The van der Waals surface area contributed by atoms with Gasteiger partial charge >= 0.3 is 0 Å². The Morgan fingerprint density at radius 3 is 2.49 bits per heavy atom. The normalized spacial score (nSPS) is 23.9. The number of aryl methyl sites for hydroxylation is 2. The van der Waals surface area contributed by atoms with Crippen LogP contribution in [0.1, 0.15) is 91.8 Å². The number of hydrogen-bond donors (Lipinski definition) is 1. The summed E-state index contributed by atoms with van der Waals surface area (Å²) in [6.07, 6.45) is 10.6. The maximum absolute atomic E-state index is 4.46. The van der Waals surface area contributed by atoms with Crippen LogP contribution in [-0.4, -0.2) is 43.6 Å². The molecule has 0 bridgehead atoms. The van der Waals surface area contributed by atoms with Gasteiger partial charge in [-0.15, -0.1) is 11.3 Å². The van der Waals surface area contributed by atoms with Crippen molar-refractivity contribution in [1.29, 1.82) is 0 Å². The van der Waals surface area contributed by atoms with Crippen molar-refractivity contribution in [3.8, 4) is 11.3 Å². The largest absolute Gasteiger partial charge is 0.346 e. The molecule has 2 aliphatic rings. The van der Waals surface area contributed by atoms with Gasteiger partial charge in [0.1, 0.15) is 11.2 Å². The van der Waals surface area contributed by atoms with E-state index in [1.807, 2.05) is 15.9 Å². The van der Waals surface area contributed by atoms with Crippen LogP contribution >= 0.6 is 11.3 Å². The Hall–Kier alpha value is -2.18. The van der Waals surface area contributed by atoms with Gasteiger partial charge in [-0.3, -0.25) is 0 Å². The number of fused-ring (bicyclic) bond motifs is 2. The number of likely N-dealkylation sites (tertiary alicyclic amines) is 1. The topological polar surface area (TPSA) is 49.2 Å². The van der Waals surface area contributed by atoms with Gasteiger partial charge in [0.2, 0.25) is 0 Å². The zero-order chi connectivity index (χ0) is 24.4. The van der Waals surface area contributed by atoms with E-state index in [0.29, 0.717) is 5.92 Å². The Labute approximate surface area is 212 Å². The quantitative estimate of drug-likeness (QED) is 0.326. The van der Waals surface area contributed by atoms with E-state index < -0.39 is 0 Å². The molecule has 1 atom stereocenters. The minimum atomic E-state index is 0.443. The van der Waals surface area contributed by atoms with Crippen molar-refractivity contribution < 1.29 is 0 Å². The maximum atomic E-state index is 4.46. The lowest BCUT2D eigenvalue weighted by molar-refractivity contribution is 0.178. The summed E-state index contributed by atoms with van der Waals surface area (Å²) in [6.45, 7) is 16.5. The molecule has 186 valence electrons. The van der Waals surface area contributed by atoms with Gasteiger partial charge in [0.05, 0.1) is 5.69 Å². The van der Waals surface area contributed by atoms with E-state index in [1.165, 1.54) is 88.9 Å². The standard InChI is InChI=1S/C29H39N5S/c1-16(2)24-25-20(6)27(21-7-9-22(10-8-21)33-12-11-17(3)13-33)35-29(25)32-26(24)23-14-34-28(30-15-31-34)19(5)18(23)4/h14-17,21-22,32H,7-13H2,1-6H3/t17-,21?,22?/m1/s1. The van der Waals surface area contributed by atoms with Crippen molar-refractivity contribution in [1.82, 2.24) is 24.5 Å². The number of pyridine rings is 1. The molecule has 1 saturated heterocycles. The molecule has 0 spiro atoms. The summed E-state index contributed by atoms with van der Waals surface area (Å²) in [6, 6.07) is 0.817. The average Bonchev–Trinajstić information content (AvgIpc) is 3.61. The van der Waals surface area contributed by atoms with Crippen LogP contribution in [-0.2, 0) is 0 Å². The predicted octanol–water partition coefficient (Wildman–Crippen LogP) is 7.36. The molecule has 0 amide bonds. The molecule has 2 fully saturated rings. The second kappa shape index (κ2) is 8.74. The van der Waals surface area contributed by atoms with E-state index in [4.69, 9.17) is 0 Å². The number of aromatic nitrogens is 4. The number of rotatable bonds is 4. The lowest BCUT2D eigenvalue weighted by Crippen LogP contribution is -2.36. The molecule has 6 heteroatoms. The molecule has 5 heterocycles. The number of aromatic amines is 1. The SMILES string of the molecule is Cc1c(-c2[nH]c3sc(C4CCC(N5CC[C@@H](C)C5)CC4)c(C)c3c2C(C)C)cn2ncnc2c1C. The molecular formula is C29H39N5S. The number of H-pyrrole nitrogens is 1. The van der Waals surface area contributed by atoms with Crippen molar-refractivity contribution in [2.24, 2.45) is 5.92 Å². The molecule has 5 nitrogen and oxygen atoms in total. The van der Waals surface area contributed by atoms with Gasteiger partial charge in [-0.25, -0.2) is 9.50 Å². The van der Waals surface area contributed by atoms with Gasteiger partial charge in [0.15, 0.2) is 5.65 Å². The first kappa shape index (κ1) is 23.2. The second-order valence-electron chi connectivity index (χ2n) is 11.6. The smallest absolute Gasteiger partial charge is 0.158 e. The van der Waals surface area contributed by atoms with E-state index in [0.717, 1.165) is 23.5 Å². The molecule has 1 N–H and O–H groups in total. The van der Waals surface area contributed by atoms with Crippen LogP contribution in [0.5, 0.6) is 0 Å². The Bertz CT molecular complexity index is 1380. The molecule has 0 aromatic carbocycles. The van der Waals surface area contributed by atoms with Crippen LogP contribution < -0.4 is 0 Å². The minimum absolute atomic E-state index is 0.443. The number of nitrogens with one attached hydrogen (secondary N) is 1. The van der Waals surface area contributed by atoms with Crippen LogP contribution in [0.2, 0.25) is 0 Å². The van der Waals surface area contributed by atoms with Gasteiger partial charge in [-0.2, -0.15) is 5.10 Å². The number of thiophene rings is 1. The summed E-state index contributed by atoms with van der Waals surface area (Å²) in [5.41, 5.74) is 8.92. The van der Waals surface area contributed by atoms with Crippen LogP contribution in [0.4, 0.5) is 0 Å². The van der Waals surface area contributed by atoms with Crippen LogP contribution in [0.25, 0.3) is 27.1 Å². The fourth-order valence-corrected chi connectivity index (χ4v) is 8.28. The van der Waals surface area contributed by atoms with Crippen LogP contribution in [0.3, 0.4) is 0 Å². The van der Waals surface area contributed by atoms with E-state index in [1.54, 1.807) is 11.2 Å². The zero-order valence-corrected chi connectivity index (χ0v) is 22.9. The van der Waals surface area contributed by atoms with E-state index in [9.17, 15) is 0 Å². The fraction of sp³-hybridized carbons (Fsp3) is 0.586. The highest BCUT2D eigenvalue weighted by molar-refractivity contribution is 7.19. The monoisotopic (exact) mass is 489 g/mol. The summed E-state index contributed by atoms with van der Waals surface area (Å²) >= 11 is 2.02. The van der Waals surface area contributed by atoms with Gasteiger partial charge in [-0.05, 0) is 99.4 Å². The molecule has 4 aromatic rings. The first-order valence-electron chi connectivity index (χ1n) is 13.5. The Morgan fingerprint density at radius 2 is 1.80 bits per heavy atom. The summed E-state index contributed by atoms with van der Waals surface area (Å²) < 4.78 is 1.93. The lowest BCUT2D eigenvalue weighted by atomic mass is 9.83. The summed E-state index contributed by atoms with van der Waals surface area (Å²) in [5, 5.41) is 5.92. The van der Waals surface area contributed by atoms with E-state index in [2.05, 4.69) is 67.7 Å². The highest BCUT2D eigenvalue weighted by Gasteiger charge is 2.32. The third-order valence-corrected chi connectivity index (χ3v) is 10.3. The molecule has 1 saturated carbocycles. The molecule has 1 aliphatic carbocycles. The first-order valence-corrected chi connectivity index (χ1v) is 14.3. The molecular weight excluding hydrogens is 450 g/mol. The van der Waals surface area contributed by atoms with Crippen molar-refractivity contribution >= 4 is 27.2 Å². The number of hydrogen-bond acceptors (Lipinski definition) is 4. The highest BCUT2D eigenvalue weighted by atomic mass is 32.1. The highest BCUT2D eigenvalue weighted by Crippen LogP contribution is 2.47. The average molecular weight is 490 g/mol. The molecule has 1 aliphatic heterocycles. The van der Waals surface area contributed by atoms with Gasteiger partial charge in [-0.1, -0.05) is 20.8 Å². The second-order valence-corrected chi connectivity index (χ2v) is 12.6. The summed E-state index contributed by atoms with van der Waals surface area (Å²) in [4.78, 5) is 14.1. The molecule has 6 rings (SSSR count). The molecule has 0 unspecified atom stereocenters. The summed E-state index contributed by atoms with van der Waals surface area (Å²) in [5.74, 6) is 2.05. The predicted molar refractivity (Wildman–Crippen MR) is 147 cm³/mol. The fourth-order valence-electron chi connectivity index (χ4n) is 6.89. The van der Waals surface area contributed by atoms with Crippen molar-refractivity contribution in [2.75, 3.05) is 13.1 Å². The third-order valence-electron chi connectivity index (χ3n) is 8.97. The van der Waals surface area contributed by atoms with E-state index >= 15 is 0 Å². The van der Waals surface area contributed by atoms with Crippen LogP contribution in [0.15, 0.2) is 12.5 Å². The Morgan fingerprint density at radius 1 is 1.03 bits per heavy atom. The zero-order valence-electron chi connectivity index (χ0n) is 22.1. The number of nitrogens with zero attached hydrogens (tertiary/aromatic N) is 4.